The van der Waals surface area contributed by atoms with Gasteiger partial charge in [0.25, 0.3) is 0 Å². The number of rotatable bonds is 4. The summed E-state index contributed by atoms with van der Waals surface area (Å²) in [5, 5.41) is 6.74. The summed E-state index contributed by atoms with van der Waals surface area (Å²) >= 11 is 0. The summed E-state index contributed by atoms with van der Waals surface area (Å²) in [6, 6.07) is 2.34. The van der Waals surface area contributed by atoms with Crippen molar-refractivity contribution in [3.8, 4) is 0 Å². The minimum atomic E-state index is -2.88. The predicted molar refractivity (Wildman–Crippen MR) is 87.9 cm³/mol. The van der Waals surface area contributed by atoms with Gasteiger partial charge in [0.1, 0.15) is 17.5 Å². The summed E-state index contributed by atoms with van der Waals surface area (Å²) in [5.41, 5.74) is 0. The molecule has 1 aliphatic heterocycles. The molecule has 2 aliphatic rings. The van der Waals surface area contributed by atoms with Gasteiger partial charge in [-0.1, -0.05) is 19.3 Å². The molecule has 0 aromatic carbocycles. The highest BCUT2D eigenvalue weighted by molar-refractivity contribution is 7.91. The number of anilines is 2. The normalized spacial score (nSPS) is 25.0. The first-order valence-electron chi connectivity index (χ1n) is 8.09. The summed E-state index contributed by atoms with van der Waals surface area (Å²) in [6.45, 7) is 1.86. The van der Waals surface area contributed by atoms with Crippen molar-refractivity contribution in [2.24, 2.45) is 0 Å². The van der Waals surface area contributed by atoms with Crippen LogP contribution in [0.5, 0.6) is 0 Å². The van der Waals surface area contributed by atoms with Crippen LogP contribution in [-0.4, -0.2) is 42.0 Å². The smallest absolute Gasteiger partial charge is 0.152 e. The molecule has 2 heterocycles. The summed E-state index contributed by atoms with van der Waals surface area (Å²) in [4.78, 5) is 8.83. The first-order valence-corrected chi connectivity index (χ1v) is 9.91. The van der Waals surface area contributed by atoms with Crippen molar-refractivity contribution in [1.29, 1.82) is 0 Å². The molecule has 7 heteroatoms. The Bertz CT molecular complexity index is 626. The van der Waals surface area contributed by atoms with Gasteiger partial charge in [0, 0.05) is 18.2 Å². The largest absolute Gasteiger partial charge is 0.367 e. The van der Waals surface area contributed by atoms with E-state index >= 15 is 0 Å². The van der Waals surface area contributed by atoms with E-state index in [1.807, 2.05) is 13.0 Å². The predicted octanol–water partition coefficient (Wildman–Crippen LogP) is 2.13. The Balaban J connectivity index is 1.67. The van der Waals surface area contributed by atoms with Gasteiger partial charge < -0.3 is 10.6 Å². The molecule has 1 saturated heterocycles. The number of nitrogens with zero attached hydrogens (tertiary/aromatic N) is 2. The SMILES string of the molecule is Cc1nc(NC2CCCCC2)cc(NC2CCS(=O)(=O)C2)n1. The molecule has 122 valence electrons. The van der Waals surface area contributed by atoms with Gasteiger partial charge in [-0.05, 0) is 26.2 Å². The molecule has 2 N–H and O–H groups in total. The molecule has 0 bridgehead atoms. The number of hydrogen-bond acceptors (Lipinski definition) is 6. The highest BCUT2D eigenvalue weighted by Gasteiger charge is 2.28. The monoisotopic (exact) mass is 324 g/mol. The number of nitrogens with one attached hydrogen (secondary N) is 2. The zero-order valence-corrected chi connectivity index (χ0v) is 13.8. The Morgan fingerprint density at radius 3 is 2.23 bits per heavy atom. The fraction of sp³-hybridized carbons (Fsp3) is 0.733. The lowest BCUT2D eigenvalue weighted by Gasteiger charge is -2.23. The number of aromatic nitrogens is 2. The second-order valence-electron chi connectivity index (χ2n) is 6.41. The molecule has 0 amide bonds. The lowest BCUT2D eigenvalue weighted by molar-refractivity contribution is 0.461. The Hall–Kier alpha value is -1.37. The fourth-order valence-corrected chi connectivity index (χ4v) is 4.96. The van der Waals surface area contributed by atoms with Gasteiger partial charge in [0.05, 0.1) is 11.5 Å². The average Bonchev–Trinajstić information content (AvgIpc) is 2.78. The summed E-state index contributed by atoms with van der Waals surface area (Å²) < 4.78 is 23.1. The molecule has 1 aromatic rings. The molecular formula is C15H24N4O2S. The van der Waals surface area contributed by atoms with Gasteiger partial charge in [-0.2, -0.15) is 0 Å². The van der Waals surface area contributed by atoms with Crippen LogP contribution >= 0.6 is 0 Å². The molecular weight excluding hydrogens is 300 g/mol. The van der Waals surface area contributed by atoms with Crippen molar-refractivity contribution in [2.45, 2.75) is 57.5 Å². The highest BCUT2D eigenvalue weighted by atomic mass is 32.2. The molecule has 0 spiro atoms. The lowest BCUT2D eigenvalue weighted by Crippen LogP contribution is -2.24. The van der Waals surface area contributed by atoms with E-state index in [-0.39, 0.29) is 17.5 Å². The van der Waals surface area contributed by atoms with Crippen molar-refractivity contribution in [2.75, 3.05) is 22.1 Å². The summed E-state index contributed by atoms with van der Waals surface area (Å²) in [5.74, 6) is 2.71. The van der Waals surface area contributed by atoms with E-state index in [0.29, 0.717) is 24.1 Å². The van der Waals surface area contributed by atoms with Crippen molar-refractivity contribution >= 4 is 21.5 Å². The van der Waals surface area contributed by atoms with Crippen LogP contribution in [0.4, 0.5) is 11.6 Å². The molecule has 3 rings (SSSR count). The van der Waals surface area contributed by atoms with Gasteiger partial charge in [-0.3, -0.25) is 0 Å². The minimum absolute atomic E-state index is 0.0400. The van der Waals surface area contributed by atoms with Gasteiger partial charge in [0.2, 0.25) is 0 Å². The molecule has 1 unspecified atom stereocenters. The summed E-state index contributed by atoms with van der Waals surface area (Å²) in [7, 11) is -2.88. The Morgan fingerprint density at radius 2 is 1.64 bits per heavy atom. The Kier molecular flexibility index (Phi) is 4.52. The van der Waals surface area contributed by atoms with Gasteiger partial charge in [-0.25, -0.2) is 18.4 Å². The second-order valence-corrected chi connectivity index (χ2v) is 8.64. The van der Waals surface area contributed by atoms with E-state index in [4.69, 9.17) is 0 Å². The first-order chi connectivity index (χ1) is 10.5. The maximum atomic E-state index is 11.5. The van der Waals surface area contributed by atoms with Crippen molar-refractivity contribution in [3.63, 3.8) is 0 Å². The summed E-state index contributed by atoms with van der Waals surface area (Å²) in [6.07, 6.45) is 6.89. The van der Waals surface area contributed by atoms with Crippen molar-refractivity contribution < 1.29 is 8.42 Å². The number of hydrogen-bond donors (Lipinski definition) is 2. The highest BCUT2D eigenvalue weighted by Crippen LogP contribution is 2.23. The lowest BCUT2D eigenvalue weighted by atomic mass is 9.95. The maximum absolute atomic E-state index is 11.5. The third-order valence-electron chi connectivity index (χ3n) is 4.38. The Morgan fingerprint density at radius 1 is 1.00 bits per heavy atom. The van der Waals surface area contributed by atoms with Crippen LogP contribution in [0.15, 0.2) is 6.07 Å². The third kappa shape index (κ3) is 4.09. The standard InChI is InChI=1S/C15H24N4O2S/c1-11-16-14(18-12-5-3-2-4-6-12)9-15(17-11)19-13-7-8-22(20,21)10-13/h9,12-13H,2-8,10H2,1H3,(H2,16,17,18,19). The molecule has 22 heavy (non-hydrogen) atoms. The first kappa shape index (κ1) is 15.5. The second kappa shape index (κ2) is 6.40. The van der Waals surface area contributed by atoms with Crippen LogP contribution in [-0.2, 0) is 9.84 Å². The molecule has 1 aliphatic carbocycles. The van der Waals surface area contributed by atoms with Crippen LogP contribution in [0.2, 0.25) is 0 Å². The molecule has 1 saturated carbocycles. The zero-order chi connectivity index (χ0) is 15.6. The van der Waals surface area contributed by atoms with E-state index in [2.05, 4.69) is 20.6 Å². The van der Waals surface area contributed by atoms with Crippen LogP contribution in [0.3, 0.4) is 0 Å². The number of sulfone groups is 1. The van der Waals surface area contributed by atoms with Crippen LogP contribution in [0.25, 0.3) is 0 Å². The fourth-order valence-electron chi connectivity index (χ4n) is 3.29. The molecule has 2 fully saturated rings. The molecule has 1 atom stereocenters. The number of aryl methyl sites for hydroxylation is 1. The molecule has 1 aromatic heterocycles. The van der Waals surface area contributed by atoms with E-state index in [1.54, 1.807) is 0 Å². The van der Waals surface area contributed by atoms with Gasteiger partial charge in [0.15, 0.2) is 9.84 Å². The van der Waals surface area contributed by atoms with Crippen LogP contribution < -0.4 is 10.6 Å². The molecule has 0 radical (unpaired) electrons. The van der Waals surface area contributed by atoms with Gasteiger partial charge in [-0.15, -0.1) is 0 Å². The average molecular weight is 324 g/mol. The van der Waals surface area contributed by atoms with E-state index in [1.165, 1.54) is 32.1 Å². The Labute approximate surface area is 132 Å². The minimum Gasteiger partial charge on any atom is -0.367 e. The van der Waals surface area contributed by atoms with Crippen LogP contribution in [0.1, 0.15) is 44.3 Å². The van der Waals surface area contributed by atoms with Crippen molar-refractivity contribution in [1.82, 2.24) is 9.97 Å². The topological polar surface area (TPSA) is 84.0 Å². The van der Waals surface area contributed by atoms with E-state index in [0.717, 1.165) is 5.82 Å². The molecule has 6 nitrogen and oxygen atoms in total. The van der Waals surface area contributed by atoms with Gasteiger partial charge >= 0.3 is 0 Å². The van der Waals surface area contributed by atoms with E-state index in [9.17, 15) is 8.42 Å². The zero-order valence-electron chi connectivity index (χ0n) is 13.0. The quantitative estimate of drug-likeness (QED) is 0.882. The third-order valence-corrected chi connectivity index (χ3v) is 6.15. The van der Waals surface area contributed by atoms with E-state index < -0.39 is 9.84 Å². The van der Waals surface area contributed by atoms with Crippen molar-refractivity contribution in [3.05, 3.63) is 11.9 Å². The van der Waals surface area contributed by atoms with Crippen LogP contribution in [0, 0.1) is 6.92 Å². The maximum Gasteiger partial charge on any atom is 0.152 e.